The summed E-state index contributed by atoms with van der Waals surface area (Å²) in [6.45, 7) is 5.45. The van der Waals surface area contributed by atoms with E-state index in [1.165, 1.54) is 12.1 Å². The molecule has 5 rings (SSSR count). The summed E-state index contributed by atoms with van der Waals surface area (Å²) in [5.74, 6) is -0.160. The molecule has 4 aromatic rings. The normalized spacial score (nSPS) is 13.8. The molecule has 37 heavy (non-hydrogen) atoms. The fraction of sp³-hybridized carbons (Fsp3) is 0.222. The second-order valence-corrected chi connectivity index (χ2v) is 9.10. The molecule has 1 aliphatic rings. The van der Waals surface area contributed by atoms with E-state index in [0.717, 1.165) is 10.8 Å². The Morgan fingerprint density at radius 1 is 1.14 bits per heavy atom. The van der Waals surface area contributed by atoms with Gasteiger partial charge in [-0.1, -0.05) is 42.4 Å². The zero-order valence-corrected chi connectivity index (χ0v) is 20.7. The third-order valence-electron chi connectivity index (χ3n) is 6.44. The van der Waals surface area contributed by atoms with Gasteiger partial charge in [0, 0.05) is 43.7 Å². The highest BCUT2D eigenvalue weighted by Crippen LogP contribution is 2.42. The summed E-state index contributed by atoms with van der Waals surface area (Å²) < 4.78 is 16.3. The van der Waals surface area contributed by atoms with Crippen LogP contribution in [0.15, 0.2) is 55.1 Å². The number of benzene rings is 3. The van der Waals surface area contributed by atoms with Crippen LogP contribution in [-0.4, -0.2) is 70.3 Å². The predicted octanol–water partition coefficient (Wildman–Crippen LogP) is 4.19. The number of nitrogens with zero attached hydrogens (tertiary/aromatic N) is 4. The van der Waals surface area contributed by atoms with Crippen LogP contribution in [0, 0.1) is 5.82 Å². The number of phenols is 1. The van der Waals surface area contributed by atoms with E-state index in [1.54, 1.807) is 17.0 Å². The summed E-state index contributed by atoms with van der Waals surface area (Å²) in [4.78, 5) is 24.7. The zero-order valence-electron chi connectivity index (χ0n) is 19.9. The Morgan fingerprint density at radius 3 is 2.62 bits per heavy atom. The fourth-order valence-electron chi connectivity index (χ4n) is 4.68. The number of rotatable bonds is 6. The van der Waals surface area contributed by atoms with Crippen LogP contribution in [0.1, 0.15) is 0 Å². The van der Waals surface area contributed by atoms with Crippen LogP contribution in [0.3, 0.4) is 0 Å². The lowest BCUT2D eigenvalue weighted by Crippen LogP contribution is -2.48. The number of amides is 1. The molecule has 1 saturated heterocycles. The molecule has 3 aromatic carbocycles. The molecule has 1 aromatic heterocycles. The average molecular weight is 522 g/mol. The van der Waals surface area contributed by atoms with Crippen molar-refractivity contribution in [1.29, 1.82) is 0 Å². The lowest BCUT2D eigenvalue weighted by molar-refractivity contribution is -0.126. The Labute approximate surface area is 217 Å². The standard InChI is InChI=1S/C27H25ClFN5O3/c1-2-22(37)33-8-10-34(11-9-33)26-20-15-21(28)23(24(29)25(20)31-27(32-26)30-7-12-35)19-14-17(36)13-16-5-3-4-6-18(16)19/h2-6,13-15,35-36H,1,7-12H2,(H,30,31,32). The van der Waals surface area contributed by atoms with Gasteiger partial charge in [-0.15, -0.1) is 0 Å². The lowest BCUT2D eigenvalue weighted by Gasteiger charge is -2.35. The molecular formula is C27H25ClFN5O3. The number of hydrogen-bond donors (Lipinski definition) is 3. The SMILES string of the molecule is C=CC(=O)N1CCN(c2nc(NCCO)nc3c(F)c(-c4cc(O)cc5ccccc45)c(Cl)cc23)CC1. The number of aromatic nitrogens is 2. The number of halogens is 2. The Morgan fingerprint density at radius 2 is 1.89 bits per heavy atom. The van der Waals surface area contributed by atoms with Gasteiger partial charge in [-0.3, -0.25) is 4.79 Å². The monoisotopic (exact) mass is 521 g/mol. The van der Waals surface area contributed by atoms with Crippen molar-refractivity contribution in [2.75, 3.05) is 49.5 Å². The topological polar surface area (TPSA) is 102 Å². The molecule has 0 spiro atoms. The number of carbonyl (C=O) groups excluding carboxylic acids is 1. The first-order valence-corrected chi connectivity index (χ1v) is 12.2. The number of aliphatic hydroxyl groups excluding tert-OH is 1. The summed E-state index contributed by atoms with van der Waals surface area (Å²) >= 11 is 6.71. The zero-order chi connectivity index (χ0) is 26.1. The van der Waals surface area contributed by atoms with Crippen LogP contribution < -0.4 is 10.2 Å². The number of piperazine rings is 1. The number of phenolic OH excluding ortho intramolecular Hbond substituents is 1. The third kappa shape index (κ3) is 4.63. The number of aliphatic hydroxyl groups is 1. The molecule has 1 aliphatic heterocycles. The van der Waals surface area contributed by atoms with E-state index in [4.69, 9.17) is 11.6 Å². The highest BCUT2D eigenvalue weighted by Gasteiger charge is 2.26. The molecule has 2 heterocycles. The Bertz CT molecular complexity index is 1520. The van der Waals surface area contributed by atoms with Gasteiger partial charge in [0.2, 0.25) is 11.9 Å². The van der Waals surface area contributed by atoms with E-state index in [2.05, 4.69) is 21.9 Å². The summed E-state index contributed by atoms with van der Waals surface area (Å²) in [5, 5.41) is 24.6. The van der Waals surface area contributed by atoms with Gasteiger partial charge >= 0.3 is 0 Å². The Kier molecular flexibility index (Phi) is 6.82. The van der Waals surface area contributed by atoms with E-state index in [9.17, 15) is 15.0 Å². The third-order valence-corrected chi connectivity index (χ3v) is 6.74. The summed E-state index contributed by atoms with van der Waals surface area (Å²) in [5.41, 5.74) is 0.629. The maximum absolute atomic E-state index is 16.3. The number of fused-ring (bicyclic) bond motifs is 2. The lowest BCUT2D eigenvalue weighted by atomic mass is 9.96. The van der Waals surface area contributed by atoms with Crippen molar-refractivity contribution >= 4 is 50.9 Å². The van der Waals surface area contributed by atoms with Gasteiger partial charge in [0.1, 0.15) is 17.1 Å². The number of hydrogen-bond acceptors (Lipinski definition) is 7. The Balaban J connectivity index is 1.68. The molecule has 0 aliphatic carbocycles. The smallest absolute Gasteiger partial charge is 0.246 e. The fourth-order valence-corrected chi connectivity index (χ4v) is 4.98. The van der Waals surface area contributed by atoms with Gasteiger partial charge in [-0.05, 0) is 40.6 Å². The van der Waals surface area contributed by atoms with Crippen molar-refractivity contribution in [3.63, 3.8) is 0 Å². The molecule has 0 radical (unpaired) electrons. The summed E-state index contributed by atoms with van der Waals surface area (Å²) in [7, 11) is 0. The van der Waals surface area contributed by atoms with E-state index in [1.807, 2.05) is 29.2 Å². The van der Waals surface area contributed by atoms with Crippen molar-refractivity contribution in [2.24, 2.45) is 0 Å². The maximum Gasteiger partial charge on any atom is 0.246 e. The van der Waals surface area contributed by atoms with E-state index < -0.39 is 5.82 Å². The number of aromatic hydroxyl groups is 1. The minimum atomic E-state index is -0.644. The van der Waals surface area contributed by atoms with Crippen LogP contribution in [0.25, 0.3) is 32.8 Å². The minimum Gasteiger partial charge on any atom is -0.508 e. The molecule has 0 bridgehead atoms. The van der Waals surface area contributed by atoms with Gasteiger partial charge in [-0.25, -0.2) is 9.37 Å². The first-order chi connectivity index (χ1) is 17.9. The van der Waals surface area contributed by atoms with Crippen molar-refractivity contribution < 1.29 is 19.4 Å². The Hall–Kier alpha value is -3.95. The van der Waals surface area contributed by atoms with Crippen molar-refractivity contribution in [3.05, 3.63) is 66.0 Å². The number of carbonyl (C=O) groups is 1. The minimum absolute atomic E-state index is 0.00937. The van der Waals surface area contributed by atoms with Gasteiger partial charge in [0.15, 0.2) is 5.82 Å². The van der Waals surface area contributed by atoms with Crippen molar-refractivity contribution in [1.82, 2.24) is 14.9 Å². The van der Waals surface area contributed by atoms with Crippen LogP contribution in [0.2, 0.25) is 5.02 Å². The molecule has 0 unspecified atom stereocenters. The number of anilines is 2. The molecule has 3 N–H and O–H groups in total. The van der Waals surface area contributed by atoms with Crippen molar-refractivity contribution in [2.45, 2.75) is 0 Å². The highest BCUT2D eigenvalue weighted by molar-refractivity contribution is 6.35. The molecular weight excluding hydrogens is 497 g/mol. The molecule has 0 saturated carbocycles. The second kappa shape index (κ2) is 10.2. The largest absolute Gasteiger partial charge is 0.508 e. The molecule has 0 atom stereocenters. The van der Waals surface area contributed by atoms with Gasteiger partial charge in [-0.2, -0.15) is 4.98 Å². The van der Waals surface area contributed by atoms with Gasteiger partial charge in [0.05, 0.1) is 11.6 Å². The predicted molar refractivity (Wildman–Crippen MR) is 144 cm³/mol. The quantitative estimate of drug-likeness (QED) is 0.327. The van der Waals surface area contributed by atoms with Crippen molar-refractivity contribution in [3.8, 4) is 16.9 Å². The highest BCUT2D eigenvalue weighted by atomic mass is 35.5. The van der Waals surface area contributed by atoms with E-state index in [0.29, 0.717) is 42.9 Å². The molecule has 8 nitrogen and oxygen atoms in total. The molecule has 1 amide bonds. The van der Waals surface area contributed by atoms with Gasteiger partial charge in [0.25, 0.3) is 0 Å². The van der Waals surface area contributed by atoms with Crippen LogP contribution in [0.4, 0.5) is 16.2 Å². The molecule has 190 valence electrons. The average Bonchev–Trinajstić information content (AvgIpc) is 2.91. The van der Waals surface area contributed by atoms with Gasteiger partial charge < -0.3 is 25.3 Å². The maximum atomic E-state index is 16.3. The first kappa shape index (κ1) is 24.7. The van der Waals surface area contributed by atoms with E-state index >= 15 is 4.39 Å². The van der Waals surface area contributed by atoms with Crippen LogP contribution >= 0.6 is 11.6 Å². The van der Waals surface area contributed by atoms with Crippen LogP contribution in [0.5, 0.6) is 5.75 Å². The second-order valence-electron chi connectivity index (χ2n) is 8.70. The number of nitrogens with one attached hydrogen (secondary N) is 1. The van der Waals surface area contributed by atoms with Crippen LogP contribution in [-0.2, 0) is 4.79 Å². The van der Waals surface area contributed by atoms with E-state index in [-0.39, 0.29) is 46.9 Å². The molecule has 1 fully saturated rings. The first-order valence-electron chi connectivity index (χ1n) is 11.8. The summed E-state index contributed by atoms with van der Waals surface area (Å²) in [6.07, 6.45) is 1.29. The molecule has 10 heteroatoms. The summed E-state index contributed by atoms with van der Waals surface area (Å²) in [6, 6.07) is 12.1.